The molecule has 182 valence electrons. The van der Waals surface area contributed by atoms with Crippen molar-refractivity contribution in [1.29, 1.82) is 0 Å². The van der Waals surface area contributed by atoms with E-state index in [0.717, 1.165) is 22.4 Å². The lowest BCUT2D eigenvalue weighted by molar-refractivity contribution is 0.0710. The number of amides is 1. The first-order valence-electron chi connectivity index (χ1n) is 12.0. The quantitative estimate of drug-likeness (QED) is 0.374. The van der Waals surface area contributed by atoms with E-state index in [4.69, 9.17) is 17.0 Å². The highest BCUT2D eigenvalue weighted by Gasteiger charge is 2.32. The van der Waals surface area contributed by atoms with Crippen molar-refractivity contribution >= 4 is 34.0 Å². The molecule has 0 saturated heterocycles. The van der Waals surface area contributed by atoms with Crippen LogP contribution in [-0.4, -0.2) is 48.6 Å². The Kier molecular flexibility index (Phi) is 4.50. The number of rotatable bonds is 4. The molecule has 10 nitrogen and oxygen atoms in total. The Morgan fingerprint density at radius 3 is 2.86 bits per heavy atom. The van der Waals surface area contributed by atoms with Crippen molar-refractivity contribution in [3.8, 4) is 16.9 Å². The van der Waals surface area contributed by atoms with Crippen LogP contribution in [0.15, 0.2) is 55.2 Å². The molecule has 5 aromatic rings. The molecule has 1 saturated carbocycles. The van der Waals surface area contributed by atoms with E-state index in [0.29, 0.717) is 40.6 Å². The monoisotopic (exact) mass is 490 g/mol. The molecule has 7 rings (SSSR count). The number of carbonyl (C=O) groups excluding carboxylic acids is 1. The Balaban J connectivity index is 1.22. The fraction of sp³-hybridized carbons (Fsp3) is 0.222. The van der Waals surface area contributed by atoms with Gasteiger partial charge in [0.15, 0.2) is 0 Å². The van der Waals surface area contributed by atoms with Crippen molar-refractivity contribution in [1.82, 2.24) is 29.0 Å². The summed E-state index contributed by atoms with van der Waals surface area (Å²) in [5.74, 6) is 0.801. The maximum Gasteiger partial charge on any atom is 0.243 e. The molecule has 1 fully saturated rings. The van der Waals surface area contributed by atoms with Crippen molar-refractivity contribution in [3.63, 3.8) is 0 Å². The summed E-state index contributed by atoms with van der Waals surface area (Å²) in [6.45, 7) is 8.03. The fourth-order valence-corrected chi connectivity index (χ4v) is 5.03. The molecule has 0 spiro atoms. The van der Waals surface area contributed by atoms with Gasteiger partial charge in [-0.2, -0.15) is 5.10 Å². The van der Waals surface area contributed by atoms with Gasteiger partial charge in [0, 0.05) is 29.9 Å². The Labute approximate surface area is 211 Å². The lowest BCUT2D eigenvalue weighted by atomic mass is 10.0. The van der Waals surface area contributed by atoms with Gasteiger partial charge in [-0.3, -0.25) is 13.9 Å². The van der Waals surface area contributed by atoms with Gasteiger partial charge in [-0.15, -0.1) is 0 Å². The van der Waals surface area contributed by atoms with Crippen molar-refractivity contribution in [2.75, 3.05) is 19.4 Å². The second-order valence-corrected chi connectivity index (χ2v) is 9.55. The van der Waals surface area contributed by atoms with Crippen LogP contribution in [0.25, 0.3) is 32.5 Å². The van der Waals surface area contributed by atoms with Crippen LogP contribution in [0.5, 0.6) is 5.75 Å². The summed E-state index contributed by atoms with van der Waals surface area (Å²) in [6, 6.07) is 9.60. The highest BCUT2D eigenvalue weighted by Crippen LogP contribution is 2.40. The van der Waals surface area contributed by atoms with Gasteiger partial charge in [-0.25, -0.2) is 14.8 Å². The number of likely N-dealkylation sites (N-methyl/N-ethyl adjacent to an activating group) is 1. The van der Waals surface area contributed by atoms with E-state index < -0.39 is 0 Å². The lowest BCUT2D eigenvalue weighted by Crippen LogP contribution is -2.32. The molecule has 1 amide bonds. The van der Waals surface area contributed by atoms with E-state index in [9.17, 15) is 4.79 Å². The summed E-state index contributed by atoms with van der Waals surface area (Å²) in [4.78, 5) is 27.5. The van der Waals surface area contributed by atoms with Gasteiger partial charge in [0.1, 0.15) is 23.7 Å². The minimum absolute atomic E-state index is 0.220. The second kappa shape index (κ2) is 7.80. The van der Waals surface area contributed by atoms with Gasteiger partial charge in [0.05, 0.1) is 48.4 Å². The molecule has 0 unspecified atom stereocenters. The summed E-state index contributed by atoms with van der Waals surface area (Å²) < 4.78 is 9.82. The number of imidazole rings is 1. The van der Waals surface area contributed by atoms with Crippen LogP contribution in [0.2, 0.25) is 0 Å². The van der Waals surface area contributed by atoms with E-state index in [1.54, 1.807) is 41.0 Å². The summed E-state index contributed by atoms with van der Waals surface area (Å²) >= 11 is 0. The molecular weight excluding hydrogens is 468 g/mol. The van der Waals surface area contributed by atoms with Crippen molar-refractivity contribution in [2.45, 2.75) is 24.9 Å². The molecular formula is C27H22N8O2. The van der Waals surface area contributed by atoms with Crippen molar-refractivity contribution in [3.05, 3.63) is 77.8 Å². The minimum Gasteiger partial charge on any atom is -0.491 e. The van der Waals surface area contributed by atoms with E-state index in [-0.39, 0.29) is 17.6 Å². The summed E-state index contributed by atoms with van der Waals surface area (Å²) in [5, 5.41) is 4.49. The Morgan fingerprint density at radius 2 is 2.05 bits per heavy atom. The number of hydrogen-bond donors (Lipinski definition) is 1. The molecule has 1 atom stereocenters. The molecule has 4 heterocycles. The number of hydrogen-bond acceptors (Lipinski definition) is 6. The van der Waals surface area contributed by atoms with Crippen LogP contribution >= 0.6 is 0 Å². The van der Waals surface area contributed by atoms with E-state index in [1.165, 1.54) is 12.8 Å². The third-order valence-electron chi connectivity index (χ3n) is 7.26. The zero-order chi connectivity index (χ0) is 25.3. The maximum atomic E-state index is 13.7. The smallest absolute Gasteiger partial charge is 0.243 e. The summed E-state index contributed by atoms with van der Waals surface area (Å²) in [7, 11) is 1.74. The maximum absolute atomic E-state index is 13.7. The van der Waals surface area contributed by atoms with Gasteiger partial charge >= 0.3 is 0 Å². The normalized spacial score (nSPS) is 16.5. The third-order valence-corrected chi connectivity index (χ3v) is 7.26. The lowest BCUT2D eigenvalue weighted by Gasteiger charge is -2.24. The molecule has 0 bridgehead atoms. The predicted molar refractivity (Wildman–Crippen MR) is 137 cm³/mol. The average molecular weight is 491 g/mol. The number of aromatic nitrogens is 5. The first-order chi connectivity index (χ1) is 18.0. The molecule has 2 aromatic carbocycles. The molecule has 3 aromatic heterocycles. The van der Waals surface area contributed by atoms with Gasteiger partial charge in [0.2, 0.25) is 11.6 Å². The number of fused-ring (bicyclic) bond motifs is 4. The molecule has 1 aliphatic heterocycles. The van der Waals surface area contributed by atoms with Crippen LogP contribution in [-0.2, 0) is 0 Å². The topological polar surface area (TPSA) is 108 Å². The number of ether oxygens (including phenoxy) is 1. The number of nitrogens with zero attached hydrogens (tertiary/aromatic N) is 7. The minimum atomic E-state index is -0.280. The molecule has 0 radical (unpaired) electrons. The van der Waals surface area contributed by atoms with Crippen LogP contribution in [0.4, 0.5) is 11.5 Å². The van der Waals surface area contributed by atoms with Gasteiger partial charge in [0.25, 0.3) is 0 Å². The molecule has 1 aliphatic carbocycles. The standard InChI is InChI=1S/C27H22N8O2/c1-29-20-9-21-22(34-14-30-11-23(34)26(28)32-21)8-19(20)27(36)33(2)24-13-37-25-7-15(3-6-18(24)25)16-10-31-35(12-16)17-4-5-17/h3,6-12,14,17,24H,4-5,13H2,2H3,(H2,28,32)/t24-/m1/s1. The van der Waals surface area contributed by atoms with E-state index in [1.807, 2.05) is 29.1 Å². The van der Waals surface area contributed by atoms with Gasteiger partial charge < -0.3 is 15.4 Å². The number of anilines is 1. The number of carbonyl (C=O) groups is 1. The second-order valence-electron chi connectivity index (χ2n) is 9.55. The highest BCUT2D eigenvalue weighted by molar-refractivity contribution is 6.04. The Hall–Kier alpha value is -4.91. The first-order valence-corrected chi connectivity index (χ1v) is 12.0. The van der Waals surface area contributed by atoms with Gasteiger partial charge in [-0.1, -0.05) is 12.1 Å². The Morgan fingerprint density at radius 1 is 1.19 bits per heavy atom. The van der Waals surface area contributed by atoms with E-state index in [2.05, 4.69) is 26.1 Å². The van der Waals surface area contributed by atoms with Gasteiger partial charge in [-0.05, 0) is 36.6 Å². The van der Waals surface area contributed by atoms with Crippen molar-refractivity contribution in [2.24, 2.45) is 0 Å². The molecule has 2 aliphatic rings. The van der Waals surface area contributed by atoms with Crippen LogP contribution < -0.4 is 10.5 Å². The van der Waals surface area contributed by atoms with Crippen LogP contribution in [0.3, 0.4) is 0 Å². The van der Waals surface area contributed by atoms with Crippen LogP contribution in [0.1, 0.15) is 40.8 Å². The summed E-state index contributed by atoms with van der Waals surface area (Å²) in [5.41, 5.74) is 11.4. The molecule has 2 N–H and O–H groups in total. The molecule has 10 heteroatoms. The number of benzene rings is 2. The average Bonchev–Trinajstić information content (AvgIpc) is 3.31. The zero-order valence-corrected chi connectivity index (χ0v) is 20.0. The number of nitrogen functional groups attached to an aromatic ring is 1. The summed E-state index contributed by atoms with van der Waals surface area (Å²) in [6.07, 6.45) is 9.57. The highest BCUT2D eigenvalue weighted by atomic mass is 16.5. The first kappa shape index (κ1) is 21.4. The van der Waals surface area contributed by atoms with Crippen molar-refractivity contribution < 1.29 is 9.53 Å². The fourth-order valence-electron chi connectivity index (χ4n) is 5.03. The van der Waals surface area contributed by atoms with Crippen LogP contribution in [0, 0.1) is 6.57 Å². The zero-order valence-electron chi connectivity index (χ0n) is 20.0. The predicted octanol–water partition coefficient (Wildman–Crippen LogP) is 4.42. The van der Waals surface area contributed by atoms with E-state index >= 15 is 0 Å². The Bertz CT molecular complexity index is 1770. The largest absolute Gasteiger partial charge is 0.491 e. The third kappa shape index (κ3) is 3.31. The molecule has 37 heavy (non-hydrogen) atoms. The number of nitrogens with two attached hydrogens (primary N) is 1. The SMILES string of the molecule is [C-]#[N+]c1cc2nc(N)c3cncn3c2cc1C(=O)N(C)[C@@H]1COc2cc(-c3cnn(C4CC4)c3)ccc21.